The van der Waals surface area contributed by atoms with Crippen molar-refractivity contribution in [3.8, 4) is 11.1 Å². The Bertz CT molecular complexity index is 1390. The van der Waals surface area contributed by atoms with E-state index in [1.165, 1.54) is 32.0 Å². The second-order valence-corrected chi connectivity index (χ2v) is 11.0. The SMILES string of the molecule is CN(C(=O)C(C)(C)c1cc(C(F)(F)F)cc(C(F)(F)F)c1)c1cnc(N2CCC[C@H]2CO)cc1-c1ccc(Cl)cc1. The summed E-state index contributed by atoms with van der Waals surface area (Å²) in [5, 5.41) is 10.3. The smallest absolute Gasteiger partial charge is 0.394 e. The first-order chi connectivity index (χ1) is 19.0. The molecule has 0 saturated carbocycles. The molecule has 0 aliphatic carbocycles. The molecule has 1 fully saturated rings. The highest BCUT2D eigenvalue weighted by Crippen LogP contribution is 2.41. The Kier molecular flexibility index (Phi) is 8.35. The van der Waals surface area contributed by atoms with E-state index in [9.17, 15) is 36.2 Å². The van der Waals surface area contributed by atoms with E-state index in [0.717, 1.165) is 12.8 Å². The summed E-state index contributed by atoms with van der Waals surface area (Å²) < 4.78 is 81.2. The van der Waals surface area contributed by atoms with Crippen LogP contribution in [0, 0.1) is 0 Å². The van der Waals surface area contributed by atoms with Gasteiger partial charge in [-0.15, -0.1) is 0 Å². The summed E-state index contributed by atoms with van der Waals surface area (Å²) >= 11 is 6.07. The highest BCUT2D eigenvalue weighted by Gasteiger charge is 2.41. The topological polar surface area (TPSA) is 56.7 Å². The number of alkyl halides is 6. The molecule has 0 radical (unpaired) electrons. The predicted molar refractivity (Wildman–Crippen MR) is 145 cm³/mol. The Hall–Kier alpha value is -3.31. The lowest BCUT2D eigenvalue weighted by atomic mass is 9.81. The fourth-order valence-electron chi connectivity index (χ4n) is 5.02. The minimum absolute atomic E-state index is 0.0348. The van der Waals surface area contributed by atoms with E-state index in [1.807, 2.05) is 4.90 Å². The number of amides is 1. The van der Waals surface area contributed by atoms with Crippen molar-refractivity contribution in [2.24, 2.45) is 0 Å². The fraction of sp³-hybridized carbons (Fsp3) is 0.379. The third-order valence-corrected chi connectivity index (χ3v) is 7.67. The van der Waals surface area contributed by atoms with Gasteiger partial charge in [0.1, 0.15) is 5.82 Å². The summed E-state index contributed by atoms with van der Waals surface area (Å²) in [6.07, 6.45) is -7.03. The number of aliphatic hydroxyl groups excluding tert-OH is 1. The van der Waals surface area contributed by atoms with E-state index in [-0.39, 0.29) is 24.4 Å². The molecule has 2 aromatic carbocycles. The normalized spacial score (nSPS) is 16.3. The zero-order valence-corrected chi connectivity index (χ0v) is 23.2. The highest BCUT2D eigenvalue weighted by atomic mass is 35.5. The maximum atomic E-state index is 13.8. The highest BCUT2D eigenvalue weighted by molar-refractivity contribution is 6.30. The molecule has 1 N–H and O–H groups in total. The Balaban J connectivity index is 1.80. The van der Waals surface area contributed by atoms with E-state index >= 15 is 0 Å². The molecule has 0 unspecified atom stereocenters. The molecule has 5 nitrogen and oxygen atoms in total. The second-order valence-electron chi connectivity index (χ2n) is 10.5. The van der Waals surface area contributed by atoms with Crippen molar-refractivity contribution in [2.45, 2.75) is 50.5 Å². The molecule has 220 valence electrons. The van der Waals surface area contributed by atoms with Crippen LogP contribution in [0.2, 0.25) is 5.02 Å². The first-order valence-corrected chi connectivity index (χ1v) is 13.1. The van der Waals surface area contributed by atoms with Crippen molar-refractivity contribution in [1.29, 1.82) is 0 Å². The first-order valence-electron chi connectivity index (χ1n) is 12.8. The van der Waals surface area contributed by atoms with Crippen LogP contribution >= 0.6 is 11.6 Å². The van der Waals surface area contributed by atoms with Gasteiger partial charge in [0.05, 0.1) is 41.1 Å². The summed E-state index contributed by atoms with van der Waals surface area (Å²) in [7, 11) is 1.39. The van der Waals surface area contributed by atoms with Crippen molar-refractivity contribution in [2.75, 3.05) is 30.0 Å². The molecule has 0 bridgehead atoms. The van der Waals surface area contributed by atoms with Crippen LogP contribution in [0.15, 0.2) is 54.7 Å². The average Bonchev–Trinajstić information content (AvgIpc) is 3.40. The Labute approximate surface area is 238 Å². The molecule has 1 saturated heterocycles. The predicted octanol–water partition coefficient (Wildman–Crippen LogP) is 7.34. The molecule has 1 aromatic heterocycles. The third-order valence-electron chi connectivity index (χ3n) is 7.42. The van der Waals surface area contributed by atoms with E-state index in [4.69, 9.17) is 11.6 Å². The number of likely N-dealkylation sites (N-methyl/N-ethyl adjacent to an activating group) is 1. The van der Waals surface area contributed by atoms with Crippen LogP contribution in [0.25, 0.3) is 11.1 Å². The molecule has 0 spiro atoms. The van der Waals surface area contributed by atoms with Gasteiger partial charge in [-0.05, 0) is 74.2 Å². The molecule has 41 heavy (non-hydrogen) atoms. The minimum atomic E-state index is -5.05. The van der Waals surface area contributed by atoms with Gasteiger partial charge in [0.25, 0.3) is 0 Å². The zero-order chi connectivity index (χ0) is 30.3. The molecule has 1 amide bonds. The molecule has 1 aliphatic rings. The van der Waals surface area contributed by atoms with Gasteiger partial charge in [0.15, 0.2) is 0 Å². The van der Waals surface area contributed by atoms with Crippen molar-refractivity contribution < 1.29 is 36.2 Å². The van der Waals surface area contributed by atoms with Gasteiger partial charge in [-0.1, -0.05) is 23.7 Å². The number of pyridine rings is 1. The summed E-state index contributed by atoms with van der Waals surface area (Å²) in [6, 6.07) is 9.56. The molecule has 1 atom stereocenters. The molecule has 2 heterocycles. The van der Waals surface area contributed by atoms with Crippen LogP contribution in [-0.2, 0) is 22.6 Å². The summed E-state index contributed by atoms with van der Waals surface area (Å²) in [6.45, 7) is 3.16. The van der Waals surface area contributed by atoms with Crippen LogP contribution in [-0.4, -0.2) is 42.2 Å². The van der Waals surface area contributed by atoms with Crippen LogP contribution in [0.5, 0.6) is 0 Å². The van der Waals surface area contributed by atoms with Gasteiger partial charge >= 0.3 is 12.4 Å². The number of nitrogens with zero attached hydrogens (tertiary/aromatic N) is 3. The van der Waals surface area contributed by atoms with Gasteiger partial charge < -0.3 is 14.9 Å². The Morgan fingerprint density at radius 1 is 1.00 bits per heavy atom. The number of benzene rings is 2. The molecular weight excluding hydrogens is 572 g/mol. The van der Waals surface area contributed by atoms with Crippen LogP contribution in [0.1, 0.15) is 43.4 Å². The van der Waals surface area contributed by atoms with Gasteiger partial charge in [-0.2, -0.15) is 26.3 Å². The lowest BCUT2D eigenvalue weighted by Gasteiger charge is -2.32. The number of hydrogen-bond donors (Lipinski definition) is 1. The van der Waals surface area contributed by atoms with E-state index < -0.39 is 40.4 Å². The zero-order valence-electron chi connectivity index (χ0n) is 22.4. The van der Waals surface area contributed by atoms with E-state index in [2.05, 4.69) is 4.98 Å². The standard InChI is InChI=1S/C29H28ClF6N3O2/c1-27(2,18-11-19(28(31,32)33)13-20(12-18)29(34,35)36)26(41)38(3)24-15-37-25(39-10-4-5-22(39)16-40)14-23(24)17-6-8-21(30)9-7-17/h6-9,11-15,22,40H,4-5,10,16H2,1-3H3/t22-/m0/s1. The number of carbonyl (C=O) groups is 1. The van der Waals surface area contributed by atoms with Crippen LogP contribution < -0.4 is 9.80 Å². The molecule has 12 heteroatoms. The van der Waals surface area contributed by atoms with Gasteiger partial charge in [-0.3, -0.25) is 4.79 Å². The summed E-state index contributed by atoms with van der Waals surface area (Å²) in [5.74, 6) is -0.188. The van der Waals surface area contributed by atoms with Crippen LogP contribution in [0.4, 0.5) is 37.8 Å². The third kappa shape index (κ3) is 6.30. The first kappa shape index (κ1) is 30.6. The molecular formula is C29H28ClF6N3O2. The number of carbonyl (C=O) groups excluding carboxylic acids is 1. The lowest BCUT2D eigenvalue weighted by Crippen LogP contribution is -2.42. The maximum Gasteiger partial charge on any atom is 0.416 e. The number of halogens is 7. The number of anilines is 2. The molecule has 4 rings (SSSR count). The fourth-order valence-corrected chi connectivity index (χ4v) is 5.14. The minimum Gasteiger partial charge on any atom is -0.394 e. The van der Waals surface area contributed by atoms with Crippen molar-refractivity contribution in [3.63, 3.8) is 0 Å². The number of aromatic nitrogens is 1. The second kappa shape index (κ2) is 11.2. The Morgan fingerprint density at radius 2 is 1.56 bits per heavy atom. The van der Waals surface area contributed by atoms with E-state index in [1.54, 1.807) is 30.3 Å². The van der Waals surface area contributed by atoms with Crippen molar-refractivity contribution in [1.82, 2.24) is 4.98 Å². The lowest BCUT2D eigenvalue weighted by molar-refractivity contribution is -0.143. The van der Waals surface area contributed by atoms with E-state index in [0.29, 0.717) is 40.6 Å². The Morgan fingerprint density at radius 3 is 2.10 bits per heavy atom. The molecule has 1 aliphatic heterocycles. The average molecular weight is 600 g/mol. The number of rotatable bonds is 6. The molecule has 3 aromatic rings. The maximum absolute atomic E-state index is 13.8. The largest absolute Gasteiger partial charge is 0.416 e. The number of aliphatic hydroxyl groups is 1. The number of hydrogen-bond acceptors (Lipinski definition) is 4. The quantitative estimate of drug-likeness (QED) is 0.301. The monoisotopic (exact) mass is 599 g/mol. The summed E-state index contributed by atoms with van der Waals surface area (Å²) in [4.78, 5) is 21.5. The van der Waals surface area contributed by atoms with Crippen LogP contribution in [0.3, 0.4) is 0 Å². The van der Waals surface area contributed by atoms with Gasteiger partial charge in [0.2, 0.25) is 5.91 Å². The van der Waals surface area contributed by atoms with Crippen molar-refractivity contribution in [3.05, 3.63) is 76.4 Å². The van der Waals surface area contributed by atoms with Gasteiger partial charge in [-0.25, -0.2) is 4.98 Å². The van der Waals surface area contributed by atoms with Crippen molar-refractivity contribution >= 4 is 29.0 Å². The van der Waals surface area contributed by atoms with Gasteiger partial charge in [0, 0.05) is 24.2 Å². The summed E-state index contributed by atoms with van der Waals surface area (Å²) in [5.41, 5.74) is -3.73.